The lowest BCUT2D eigenvalue weighted by Gasteiger charge is -2.39. The number of methoxy groups -OCH3 is 1. The second-order valence-electron chi connectivity index (χ2n) is 7.92. The second kappa shape index (κ2) is 9.11. The van der Waals surface area contributed by atoms with Gasteiger partial charge in [-0.05, 0) is 55.2 Å². The first-order chi connectivity index (χ1) is 12.8. The Morgan fingerprint density at radius 2 is 1.85 bits per heavy atom. The predicted octanol–water partition coefficient (Wildman–Crippen LogP) is 3.88. The van der Waals surface area contributed by atoms with Crippen molar-refractivity contribution >= 4 is 11.9 Å². The Morgan fingerprint density at radius 1 is 1.19 bits per heavy atom. The maximum atomic E-state index is 12.2. The molecule has 2 rings (SSSR count). The van der Waals surface area contributed by atoms with Crippen molar-refractivity contribution in [2.75, 3.05) is 13.7 Å². The third kappa shape index (κ3) is 5.62. The number of benzene rings is 1. The summed E-state index contributed by atoms with van der Waals surface area (Å²) < 4.78 is 10.7. The summed E-state index contributed by atoms with van der Waals surface area (Å²) in [5.74, 6) is 0.150. The molecule has 0 saturated heterocycles. The molecule has 1 amide bonds. The molecular formula is C21H31NO5. The molecule has 0 spiro atoms. The van der Waals surface area contributed by atoms with Crippen LogP contribution in [-0.2, 0) is 4.79 Å². The molecule has 2 N–H and O–H groups in total. The molecule has 1 aromatic carbocycles. The number of rotatable bonds is 8. The highest BCUT2D eigenvalue weighted by Gasteiger charge is 2.32. The Bertz CT molecular complexity index is 663. The van der Waals surface area contributed by atoms with E-state index in [0.717, 1.165) is 25.7 Å². The SMILES string of the molecule is CCC(C)(C)C1CCC(NC(=O)COc2ccc(C(=O)O)cc2OC)CC1. The van der Waals surface area contributed by atoms with Gasteiger partial charge < -0.3 is 19.9 Å². The molecule has 0 bridgehead atoms. The van der Waals surface area contributed by atoms with E-state index in [2.05, 4.69) is 26.1 Å². The van der Waals surface area contributed by atoms with E-state index >= 15 is 0 Å². The molecule has 150 valence electrons. The van der Waals surface area contributed by atoms with Crippen LogP contribution in [0.3, 0.4) is 0 Å². The van der Waals surface area contributed by atoms with Crippen molar-refractivity contribution in [1.29, 1.82) is 0 Å². The average molecular weight is 377 g/mol. The van der Waals surface area contributed by atoms with Crippen LogP contribution in [0, 0.1) is 11.3 Å². The smallest absolute Gasteiger partial charge is 0.335 e. The van der Waals surface area contributed by atoms with Crippen LogP contribution in [0.2, 0.25) is 0 Å². The minimum atomic E-state index is -1.04. The van der Waals surface area contributed by atoms with Crippen LogP contribution in [0.4, 0.5) is 0 Å². The standard InChI is InChI=1S/C21H31NO5/c1-5-21(2,3)15-7-9-16(10-8-15)22-19(23)13-27-17-11-6-14(20(24)25)12-18(17)26-4/h6,11-12,15-16H,5,7-10,13H2,1-4H3,(H,22,23)(H,24,25). The second-order valence-corrected chi connectivity index (χ2v) is 7.92. The van der Waals surface area contributed by atoms with Crippen LogP contribution < -0.4 is 14.8 Å². The number of carbonyl (C=O) groups excluding carboxylic acids is 1. The van der Waals surface area contributed by atoms with Gasteiger partial charge in [-0.3, -0.25) is 4.79 Å². The third-order valence-electron chi connectivity index (χ3n) is 5.88. The Labute approximate surface area is 161 Å². The summed E-state index contributed by atoms with van der Waals surface area (Å²) in [5.41, 5.74) is 0.465. The first kappa shape index (κ1) is 21.1. The number of nitrogens with one attached hydrogen (secondary N) is 1. The molecule has 0 aromatic heterocycles. The van der Waals surface area contributed by atoms with Crippen molar-refractivity contribution in [2.24, 2.45) is 11.3 Å². The van der Waals surface area contributed by atoms with Gasteiger partial charge in [-0.25, -0.2) is 4.79 Å². The molecule has 6 heteroatoms. The average Bonchev–Trinajstić information content (AvgIpc) is 2.66. The summed E-state index contributed by atoms with van der Waals surface area (Å²) in [6.07, 6.45) is 5.44. The first-order valence-corrected chi connectivity index (χ1v) is 9.60. The van der Waals surface area contributed by atoms with E-state index in [1.165, 1.54) is 31.7 Å². The van der Waals surface area contributed by atoms with E-state index < -0.39 is 5.97 Å². The number of aromatic carboxylic acids is 1. The number of ether oxygens (including phenoxy) is 2. The highest BCUT2D eigenvalue weighted by molar-refractivity contribution is 5.88. The molecule has 1 fully saturated rings. The number of hydrogen-bond donors (Lipinski definition) is 2. The largest absolute Gasteiger partial charge is 0.493 e. The zero-order valence-electron chi connectivity index (χ0n) is 16.7. The molecule has 0 heterocycles. The lowest BCUT2D eigenvalue weighted by atomic mass is 9.69. The topological polar surface area (TPSA) is 84.9 Å². The lowest BCUT2D eigenvalue weighted by Crippen LogP contribution is -2.41. The van der Waals surface area contributed by atoms with Crippen LogP contribution in [0.25, 0.3) is 0 Å². The van der Waals surface area contributed by atoms with Crippen molar-refractivity contribution in [3.05, 3.63) is 23.8 Å². The molecule has 27 heavy (non-hydrogen) atoms. The summed E-state index contributed by atoms with van der Waals surface area (Å²) in [4.78, 5) is 23.2. The molecule has 1 aliphatic rings. The Hall–Kier alpha value is -2.24. The summed E-state index contributed by atoms with van der Waals surface area (Å²) in [5, 5.41) is 12.1. The zero-order chi connectivity index (χ0) is 20.0. The van der Waals surface area contributed by atoms with Crippen LogP contribution in [0.5, 0.6) is 11.5 Å². The first-order valence-electron chi connectivity index (χ1n) is 9.60. The summed E-state index contributed by atoms with van der Waals surface area (Å²) >= 11 is 0. The van der Waals surface area contributed by atoms with Crippen molar-refractivity contribution < 1.29 is 24.2 Å². The molecule has 6 nitrogen and oxygen atoms in total. The van der Waals surface area contributed by atoms with E-state index in [9.17, 15) is 9.59 Å². The molecule has 0 radical (unpaired) electrons. The van der Waals surface area contributed by atoms with Crippen LogP contribution in [0.1, 0.15) is 63.2 Å². The molecule has 0 atom stereocenters. The normalized spacial score (nSPS) is 20.0. The van der Waals surface area contributed by atoms with Crippen molar-refractivity contribution in [3.8, 4) is 11.5 Å². The van der Waals surface area contributed by atoms with Gasteiger partial charge in [-0.1, -0.05) is 27.2 Å². The highest BCUT2D eigenvalue weighted by atomic mass is 16.5. The van der Waals surface area contributed by atoms with Gasteiger partial charge in [-0.15, -0.1) is 0 Å². The van der Waals surface area contributed by atoms with Crippen LogP contribution >= 0.6 is 0 Å². The number of amides is 1. The van der Waals surface area contributed by atoms with Gasteiger partial charge in [0.25, 0.3) is 5.91 Å². The molecule has 0 aliphatic heterocycles. The zero-order valence-corrected chi connectivity index (χ0v) is 16.7. The predicted molar refractivity (Wildman–Crippen MR) is 103 cm³/mol. The van der Waals surface area contributed by atoms with E-state index in [-0.39, 0.29) is 24.1 Å². The summed E-state index contributed by atoms with van der Waals surface area (Å²) in [6, 6.07) is 4.51. The number of hydrogen-bond acceptors (Lipinski definition) is 4. The van der Waals surface area contributed by atoms with Gasteiger partial charge in [0, 0.05) is 6.04 Å². The maximum absolute atomic E-state index is 12.2. The van der Waals surface area contributed by atoms with Gasteiger partial charge in [-0.2, -0.15) is 0 Å². The maximum Gasteiger partial charge on any atom is 0.335 e. The minimum Gasteiger partial charge on any atom is -0.493 e. The minimum absolute atomic E-state index is 0.107. The quantitative estimate of drug-likeness (QED) is 0.718. The van der Waals surface area contributed by atoms with Crippen LogP contribution in [0.15, 0.2) is 18.2 Å². The Morgan fingerprint density at radius 3 is 2.41 bits per heavy atom. The summed E-state index contributed by atoms with van der Waals surface area (Å²) in [7, 11) is 1.43. The van der Waals surface area contributed by atoms with Gasteiger partial charge in [0.2, 0.25) is 0 Å². The van der Waals surface area contributed by atoms with Gasteiger partial charge in [0.05, 0.1) is 12.7 Å². The third-order valence-corrected chi connectivity index (χ3v) is 5.88. The van der Waals surface area contributed by atoms with Crippen molar-refractivity contribution in [3.63, 3.8) is 0 Å². The fourth-order valence-corrected chi connectivity index (χ4v) is 3.64. The number of carboxylic acids is 1. The molecule has 1 aliphatic carbocycles. The molecule has 1 saturated carbocycles. The fourth-order valence-electron chi connectivity index (χ4n) is 3.64. The van der Waals surface area contributed by atoms with Crippen molar-refractivity contribution in [2.45, 2.75) is 58.9 Å². The van der Waals surface area contributed by atoms with Gasteiger partial charge in [0.15, 0.2) is 18.1 Å². The van der Waals surface area contributed by atoms with Crippen molar-refractivity contribution in [1.82, 2.24) is 5.32 Å². The lowest BCUT2D eigenvalue weighted by molar-refractivity contribution is -0.124. The van der Waals surface area contributed by atoms with Gasteiger partial charge >= 0.3 is 5.97 Å². The molecule has 0 unspecified atom stereocenters. The van der Waals surface area contributed by atoms with E-state index in [4.69, 9.17) is 14.6 Å². The fraction of sp³-hybridized carbons (Fsp3) is 0.619. The van der Waals surface area contributed by atoms with Crippen LogP contribution in [-0.4, -0.2) is 36.7 Å². The highest BCUT2D eigenvalue weighted by Crippen LogP contribution is 2.40. The number of carbonyl (C=O) groups is 2. The van der Waals surface area contributed by atoms with E-state index in [1.54, 1.807) is 0 Å². The molecule has 1 aromatic rings. The Balaban J connectivity index is 1.83. The van der Waals surface area contributed by atoms with E-state index in [0.29, 0.717) is 22.8 Å². The monoisotopic (exact) mass is 377 g/mol. The molecular weight excluding hydrogens is 346 g/mol. The van der Waals surface area contributed by atoms with E-state index in [1.807, 2.05) is 0 Å². The number of carboxylic acid groups (broad SMARTS) is 1. The summed E-state index contributed by atoms with van der Waals surface area (Å²) in [6.45, 7) is 6.77. The van der Waals surface area contributed by atoms with Gasteiger partial charge in [0.1, 0.15) is 0 Å². The Kier molecular flexibility index (Phi) is 7.11.